The Morgan fingerprint density at radius 2 is 2.00 bits per heavy atom. The Morgan fingerprint density at radius 3 is 2.53 bits per heavy atom. The average Bonchev–Trinajstić information content (AvgIpc) is 2.47. The van der Waals surface area contributed by atoms with Crippen LogP contribution in [0.3, 0.4) is 0 Å². The Morgan fingerprint density at radius 1 is 1.32 bits per heavy atom. The predicted octanol–water partition coefficient (Wildman–Crippen LogP) is 2.36. The van der Waals surface area contributed by atoms with Crippen molar-refractivity contribution in [2.24, 2.45) is 0 Å². The second kappa shape index (κ2) is 5.93. The van der Waals surface area contributed by atoms with Crippen LogP contribution < -0.4 is 10.2 Å². The summed E-state index contributed by atoms with van der Waals surface area (Å²) in [7, 11) is 1.95. The second-order valence-electron chi connectivity index (χ2n) is 5.96. The standard InChI is InChI=1S/C16H26N2O/c1-13(2)14-5-7-15(8-6-14)18-10-4-9-16(11-18,12-19)17-3/h5-8,13,17,19H,4,9-12H2,1-3H3. The molecule has 0 radical (unpaired) electrons. The van der Waals surface area contributed by atoms with Crippen LogP contribution in [0.2, 0.25) is 0 Å². The highest BCUT2D eigenvalue weighted by atomic mass is 16.3. The topological polar surface area (TPSA) is 35.5 Å². The molecule has 1 unspecified atom stereocenters. The number of aliphatic hydroxyl groups is 1. The number of rotatable bonds is 4. The fourth-order valence-electron chi connectivity index (χ4n) is 2.83. The molecule has 3 nitrogen and oxygen atoms in total. The molecule has 19 heavy (non-hydrogen) atoms. The lowest BCUT2D eigenvalue weighted by Gasteiger charge is -2.42. The third-order valence-electron chi connectivity index (χ3n) is 4.33. The Bertz CT molecular complexity index is 396. The number of hydrogen-bond acceptors (Lipinski definition) is 3. The second-order valence-corrected chi connectivity index (χ2v) is 5.96. The van der Waals surface area contributed by atoms with Crippen LogP contribution in [0.25, 0.3) is 0 Å². The van der Waals surface area contributed by atoms with Crippen molar-refractivity contribution in [3.8, 4) is 0 Å². The molecule has 1 aromatic rings. The van der Waals surface area contributed by atoms with Crippen LogP contribution in [-0.4, -0.2) is 37.4 Å². The lowest BCUT2D eigenvalue weighted by molar-refractivity contribution is 0.149. The van der Waals surface area contributed by atoms with Gasteiger partial charge in [0.25, 0.3) is 0 Å². The minimum atomic E-state index is -0.144. The van der Waals surface area contributed by atoms with E-state index >= 15 is 0 Å². The van der Waals surface area contributed by atoms with Gasteiger partial charge in [0, 0.05) is 18.8 Å². The Balaban J connectivity index is 2.13. The molecule has 0 aromatic heterocycles. The van der Waals surface area contributed by atoms with Gasteiger partial charge in [-0.1, -0.05) is 26.0 Å². The fraction of sp³-hybridized carbons (Fsp3) is 0.625. The van der Waals surface area contributed by atoms with Gasteiger partial charge in [-0.25, -0.2) is 0 Å². The van der Waals surface area contributed by atoms with E-state index in [-0.39, 0.29) is 12.1 Å². The third kappa shape index (κ3) is 3.10. The monoisotopic (exact) mass is 262 g/mol. The average molecular weight is 262 g/mol. The largest absolute Gasteiger partial charge is 0.394 e. The molecule has 1 aliphatic heterocycles. The molecule has 1 atom stereocenters. The van der Waals surface area contributed by atoms with Crippen molar-refractivity contribution in [1.82, 2.24) is 5.32 Å². The SMILES string of the molecule is CNC1(CO)CCCN(c2ccc(C(C)C)cc2)C1. The maximum absolute atomic E-state index is 9.63. The van der Waals surface area contributed by atoms with Gasteiger partial charge in [0.15, 0.2) is 0 Å². The van der Waals surface area contributed by atoms with Crippen LogP contribution >= 0.6 is 0 Å². The third-order valence-corrected chi connectivity index (χ3v) is 4.33. The highest BCUT2D eigenvalue weighted by molar-refractivity contribution is 5.49. The van der Waals surface area contributed by atoms with Crippen LogP contribution in [-0.2, 0) is 0 Å². The number of nitrogens with zero attached hydrogens (tertiary/aromatic N) is 1. The van der Waals surface area contributed by atoms with Crippen molar-refractivity contribution in [3.05, 3.63) is 29.8 Å². The van der Waals surface area contributed by atoms with Crippen LogP contribution in [0.1, 0.15) is 38.2 Å². The number of nitrogens with one attached hydrogen (secondary N) is 1. The molecule has 1 saturated heterocycles. The zero-order valence-corrected chi connectivity index (χ0v) is 12.3. The van der Waals surface area contributed by atoms with E-state index in [1.165, 1.54) is 11.3 Å². The molecule has 0 amide bonds. The van der Waals surface area contributed by atoms with Gasteiger partial charge in [-0.15, -0.1) is 0 Å². The zero-order chi connectivity index (χ0) is 13.9. The van der Waals surface area contributed by atoms with Gasteiger partial charge >= 0.3 is 0 Å². The first-order chi connectivity index (χ1) is 9.10. The van der Waals surface area contributed by atoms with E-state index < -0.39 is 0 Å². The molecule has 106 valence electrons. The molecule has 1 aromatic carbocycles. The van der Waals surface area contributed by atoms with E-state index in [1.54, 1.807) is 0 Å². The minimum absolute atomic E-state index is 0.144. The lowest BCUT2D eigenvalue weighted by Crippen LogP contribution is -2.58. The van der Waals surface area contributed by atoms with E-state index in [0.717, 1.165) is 25.9 Å². The smallest absolute Gasteiger partial charge is 0.0630 e. The van der Waals surface area contributed by atoms with Gasteiger partial charge in [0.1, 0.15) is 0 Å². The molecule has 0 spiro atoms. The molecule has 2 N–H and O–H groups in total. The Kier molecular flexibility index (Phi) is 4.48. The van der Waals surface area contributed by atoms with Crippen LogP contribution in [0.4, 0.5) is 5.69 Å². The normalized spacial score (nSPS) is 23.9. The molecule has 1 aliphatic rings. The maximum Gasteiger partial charge on any atom is 0.0630 e. The summed E-state index contributed by atoms with van der Waals surface area (Å²) in [5.41, 5.74) is 2.49. The number of anilines is 1. The van der Waals surface area contributed by atoms with E-state index in [0.29, 0.717) is 5.92 Å². The van der Waals surface area contributed by atoms with E-state index in [2.05, 4.69) is 48.3 Å². The van der Waals surface area contributed by atoms with E-state index in [9.17, 15) is 5.11 Å². The molecule has 1 fully saturated rings. The molecule has 0 aliphatic carbocycles. The highest BCUT2D eigenvalue weighted by Gasteiger charge is 2.33. The maximum atomic E-state index is 9.63. The van der Waals surface area contributed by atoms with Crippen molar-refractivity contribution in [2.75, 3.05) is 31.6 Å². The molecule has 0 saturated carbocycles. The molecule has 0 bridgehead atoms. The quantitative estimate of drug-likeness (QED) is 0.874. The summed E-state index contributed by atoms with van der Waals surface area (Å²) < 4.78 is 0. The zero-order valence-electron chi connectivity index (χ0n) is 12.3. The summed E-state index contributed by atoms with van der Waals surface area (Å²) in [5, 5.41) is 12.9. The number of piperidine rings is 1. The summed E-state index contributed by atoms with van der Waals surface area (Å²) in [4.78, 5) is 2.38. The summed E-state index contributed by atoms with van der Waals surface area (Å²) >= 11 is 0. The first-order valence-electron chi connectivity index (χ1n) is 7.25. The van der Waals surface area contributed by atoms with Gasteiger partial charge in [-0.3, -0.25) is 0 Å². The van der Waals surface area contributed by atoms with Crippen LogP contribution in [0, 0.1) is 0 Å². The first-order valence-corrected chi connectivity index (χ1v) is 7.25. The van der Waals surface area contributed by atoms with E-state index in [4.69, 9.17) is 0 Å². The molecular formula is C16H26N2O. The first kappa shape index (κ1) is 14.4. The van der Waals surface area contributed by atoms with Gasteiger partial charge in [0.2, 0.25) is 0 Å². The van der Waals surface area contributed by atoms with E-state index in [1.807, 2.05) is 7.05 Å². The van der Waals surface area contributed by atoms with Crippen LogP contribution in [0.5, 0.6) is 0 Å². The number of hydrogen-bond donors (Lipinski definition) is 2. The number of aliphatic hydroxyl groups excluding tert-OH is 1. The van der Waals surface area contributed by atoms with Crippen molar-refractivity contribution < 1.29 is 5.11 Å². The number of benzene rings is 1. The predicted molar refractivity (Wildman–Crippen MR) is 80.9 cm³/mol. The molecule has 3 heteroatoms. The minimum Gasteiger partial charge on any atom is -0.394 e. The lowest BCUT2D eigenvalue weighted by atomic mass is 9.89. The Labute approximate surface area is 116 Å². The number of likely N-dealkylation sites (N-methyl/N-ethyl adjacent to an activating group) is 1. The fourth-order valence-corrected chi connectivity index (χ4v) is 2.83. The van der Waals surface area contributed by atoms with Crippen molar-refractivity contribution in [1.29, 1.82) is 0 Å². The Hall–Kier alpha value is -1.06. The molecule has 1 heterocycles. The summed E-state index contributed by atoms with van der Waals surface area (Å²) in [6.45, 7) is 6.58. The highest BCUT2D eigenvalue weighted by Crippen LogP contribution is 2.27. The van der Waals surface area contributed by atoms with Gasteiger partial charge in [-0.05, 0) is 43.5 Å². The van der Waals surface area contributed by atoms with Gasteiger partial charge in [-0.2, -0.15) is 0 Å². The summed E-state index contributed by atoms with van der Waals surface area (Å²) in [6.07, 6.45) is 2.16. The van der Waals surface area contributed by atoms with Gasteiger partial charge < -0.3 is 15.3 Å². The van der Waals surface area contributed by atoms with Crippen molar-refractivity contribution >= 4 is 5.69 Å². The van der Waals surface area contributed by atoms with Crippen molar-refractivity contribution in [2.45, 2.75) is 38.1 Å². The van der Waals surface area contributed by atoms with Crippen LogP contribution in [0.15, 0.2) is 24.3 Å². The van der Waals surface area contributed by atoms with Gasteiger partial charge in [0.05, 0.1) is 12.1 Å². The van der Waals surface area contributed by atoms with Crippen molar-refractivity contribution in [3.63, 3.8) is 0 Å². The molecule has 2 rings (SSSR count). The summed E-state index contributed by atoms with van der Waals surface area (Å²) in [5.74, 6) is 0.573. The summed E-state index contributed by atoms with van der Waals surface area (Å²) in [6, 6.07) is 8.85. The molecular weight excluding hydrogens is 236 g/mol.